The molecule has 0 heterocycles. The van der Waals surface area contributed by atoms with Crippen LogP contribution in [0.15, 0.2) is 24.3 Å². The number of benzene rings is 1. The Bertz CT molecular complexity index is 585. The summed E-state index contributed by atoms with van der Waals surface area (Å²) in [4.78, 5) is 12.0. The highest BCUT2D eigenvalue weighted by Gasteiger charge is 2.42. The third kappa shape index (κ3) is 3.84. The van der Waals surface area contributed by atoms with E-state index in [4.69, 9.17) is 4.74 Å². The number of carbonyl (C=O) groups is 1. The third-order valence-electron chi connectivity index (χ3n) is 5.38. The Balaban J connectivity index is 1.45. The van der Waals surface area contributed by atoms with Crippen LogP contribution in [-0.4, -0.2) is 18.6 Å². The van der Waals surface area contributed by atoms with Crippen molar-refractivity contribution < 1.29 is 22.7 Å². The first-order chi connectivity index (χ1) is 11.3. The zero-order valence-electron chi connectivity index (χ0n) is 13.6. The van der Waals surface area contributed by atoms with E-state index in [0.717, 1.165) is 24.0 Å². The Kier molecular flexibility index (Phi) is 4.74. The molecule has 2 aliphatic rings. The Hall–Kier alpha value is -1.72. The van der Waals surface area contributed by atoms with E-state index in [9.17, 15) is 18.0 Å². The number of hydrogen-bond acceptors (Lipinski definition) is 2. The molecule has 4 atom stereocenters. The standard InChI is InChI=1S/C18H22F3NO2/c1-11(16-9-12-2-3-13(16)8-12)22-17(23)10-24-15-6-4-14(5-7-15)18(19,20)21/h4-7,11-13,16H,2-3,8-10H2,1H3,(H,22,23). The molecule has 0 aromatic heterocycles. The fourth-order valence-electron chi connectivity index (χ4n) is 4.20. The van der Waals surface area contributed by atoms with Gasteiger partial charge in [-0.3, -0.25) is 4.79 Å². The van der Waals surface area contributed by atoms with Gasteiger partial charge in [0.1, 0.15) is 5.75 Å². The van der Waals surface area contributed by atoms with Gasteiger partial charge in [-0.05, 0) is 68.2 Å². The quantitative estimate of drug-likeness (QED) is 0.878. The molecule has 0 aliphatic heterocycles. The zero-order chi connectivity index (χ0) is 17.3. The average Bonchev–Trinajstić information content (AvgIpc) is 3.15. The van der Waals surface area contributed by atoms with Gasteiger partial charge in [-0.1, -0.05) is 6.42 Å². The maximum Gasteiger partial charge on any atom is 0.416 e. The number of ether oxygens (including phenoxy) is 1. The molecule has 3 rings (SSSR count). The first-order valence-corrected chi connectivity index (χ1v) is 8.42. The predicted octanol–water partition coefficient (Wildman–Crippen LogP) is 4.03. The molecule has 0 radical (unpaired) electrons. The molecule has 2 bridgehead atoms. The van der Waals surface area contributed by atoms with Crippen molar-refractivity contribution in [2.75, 3.05) is 6.61 Å². The SMILES string of the molecule is CC(NC(=O)COc1ccc(C(F)(F)F)cc1)C1CC2CCC1C2. The lowest BCUT2D eigenvalue weighted by atomic mass is 9.84. The van der Waals surface area contributed by atoms with E-state index in [1.807, 2.05) is 6.92 Å². The van der Waals surface area contributed by atoms with Crippen molar-refractivity contribution in [2.24, 2.45) is 17.8 Å². The van der Waals surface area contributed by atoms with Crippen LogP contribution in [0, 0.1) is 17.8 Å². The normalized spacial score (nSPS) is 27.1. The first kappa shape index (κ1) is 17.1. The summed E-state index contributed by atoms with van der Waals surface area (Å²) in [7, 11) is 0. The van der Waals surface area contributed by atoms with Gasteiger partial charge >= 0.3 is 6.18 Å². The van der Waals surface area contributed by atoms with Crippen molar-refractivity contribution in [3.05, 3.63) is 29.8 Å². The number of carbonyl (C=O) groups excluding carboxylic acids is 1. The Morgan fingerprint density at radius 3 is 2.50 bits per heavy atom. The van der Waals surface area contributed by atoms with Crippen LogP contribution >= 0.6 is 0 Å². The van der Waals surface area contributed by atoms with Gasteiger partial charge in [-0.15, -0.1) is 0 Å². The van der Waals surface area contributed by atoms with E-state index in [0.29, 0.717) is 5.92 Å². The molecule has 24 heavy (non-hydrogen) atoms. The molecule has 3 nitrogen and oxygen atoms in total. The molecule has 2 saturated carbocycles. The van der Waals surface area contributed by atoms with Crippen LogP contribution in [0.5, 0.6) is 5.75 Å². The van der Waals surface area contributed by atoms with Gasteiger partial charge in [0.25, 0.3) is 5.91 Å². The van der Waals surface area contributed by atoms with E-state index >= 15 is 0 Å². The second-order valence-corrected chi connectivity index (χ2v) is 7.01. The van der Waals surface area contributed by atoms with E-state index < -0.39 is 11.7 Å². The van der Waals surface area contributed by atoms with E-state index in [-0.39, 0.29) is 24.3 Å². The van der Waals surface area contributed by atoms with Crippen LogP contribution in [0.1, 0.15) is 38.2 Å². The fraction of sp³-hybridized carbons (Fsp3) is 0.611. The number of rotatable bonds is 5. The van der Waals surface area contributed by atoms with Crippen LogP contribution in [-0.2, 0) is 11.0 Å². The largest absolute Gasteiger partial charge is 0.484 e. The van der Waals surface area contributed by atoms with Crippen molar-refractivity contribution in [2.45, 2.75) is 44.8 Å². The number of nitrogens with one attached hydrogen (secondary N) is 1. The summed E-state index contributed by atoms with van der Waals surface area (Å²) in [6.07, 6.45) is 0.682. The summed E-state index contributed by atoms with van der Waals surface area (Å²) in [5, 5.41) is 2.97. The average molecular weight is 341 g/mol. The minimum absolute atomic E-state index is 0.115. The molecule has 4 unspecified atom stereocenters. The highest BCUT2D eigenvalue weighted by atomic mass is 19.4. The number of fused-ring (bicyclic) bond motifs is 2. The summed E-state index contributed by atoms with van der Waals surface area (Å²) in [6, 6.07) is 4.48. The van der Waals surface area contributed by atoms with Crippen LogP contribution in [0.25, 0.3) is 0 Å². The number of halogens is 3. The molecule has 1 aromatic rings. The van der Waals surface area contributed by atoms with Gasteiger partial charge in [0, 0.05) is 6.04 Å². The summed E-state index contributed by atoms with van der Waals surface area (Å²) in [6.45, 7) is 1.85. The van der Waals surface area contributed by atoms with Gasteiger partial charge in [-0.2, -0.15) is 13.2 Å². The van der Waals surface area contributed by atoms with Crippen LogP contribution < -0.4 is 10.1 Å². The highest BCUT2D eigenvalue weighted by Crippen LogP contribution is 2.49. The maximum atomic E-state index is 12.5. The van der Waals surface area contributed by atoms with Crippen molar-refractivity contribution in [3.8, 4) is 5.75 Å². The Morgan fingerprint density at radius 1 is 1.25 bits per heavy atom. The second-order valence-electron chi connectivity index (χ2n) is 7.01. The van der Waals surface area contributed by atoms with Gasteiger partial charge in [0.2, 0.25) is 0 Å². The third-order valence-corrected chi connectivity index (χ3v) is 5.38. The van der Waals surface area contributed by atoms with Crippen molar-refractivity contribution in [1.29, 1.82) is 0 Å². The zero-order valence-corrected chi connectivity index (χ0v) is 13.6. The molecule has 132 valence electrons. The topological polar surface area (TPSA) is 38.3 Å². The minimum Gasteiger partial charge on any atom is -0.484 e. The summed E-state index contributed by atoms with van der Waals surface area (Å²) >= 11 is 0. The minimum atomic E-state index is -4.37. The molecule has 6 heteroatoms. The maximum absolute atomic E-state index is 12.5. The first-order valence-electron chi connectivity index (χ1n) is 8.42. The van der Waals surface area contributed by atoms with Crippen molar-refractivity contribution in [3.63, 3.8) is 0 Å². The van der Waals surface area contributed by atoms with Gasteiger partial charge in [0.05, 0.1) is 5.56 Å². The molecule has 0 spiro atoms. The van der Waals surface area contributed by atoms with Gasteiger partial charge in [-0.25, -0.2) is 0 Å². The molecule has 1 aromatic carbocycles. The molecular weight excluding hydrogens is 319 g/mol. The number of alkyl halides is 3. The smallest absolute Gasteiger partial charge is 0.416 e. The summed E-state index contributed by atoms with van der Waals surface area (Å²) in [5.74, 6) is 2.11. The molecular formula is C18H22F3NO2. The lowest BCUT2D eigenvalue weighted by molar-refractivity contribution is -0.137. The lowest BCUT2D eigenvalue weighted by Crippen LogP contribution is -2.42. The summed E-state index contributed by atoms with van der Waals surface area (Å²) in [5.41, 5.74) is -0.732. The molecule has 0 saturated heterocycles. The van der Waals surface area contributed by atoms with Crippen LogP contribution in [0.2, 0.25) is 0 Å². The monoisotopic (exact) mass is 341 g/mol. The summed E-state index contributed by atoms with van der Waals surface area (Å²) < 4.78 is 42.7. The number of amides is 1. The van der Waals surface area contributed by atoms with E-state index in [2.05, 4.69) is 5.32 Å². The predicted molar refractivity (Wildman–Crippen MR) is 83.5 cm³/mol. The van der Waals surface area contributed by atoms with Crippen molar-refractivity contribution >= 4 is 5.91 Å². The Labute approximate surface area is 139 Å². The molecule has 2 aliphatic carbocycles. The second kappa shape index (κ2) is 6.65. The number of hydrogen-bond donors (Lipinski definition) is 1. The van der Waals surface area contributed by atoms with E-state index in [1.54, 1.807) is 0 Å². The molecule has 1 N–H and O–H groups in total. The highest BCUT2D eigenvalue weighted by molar-refractivity contribution is 5.77. The fourth-order valence-corrected chi connectivity index (χ4v) is 4.20. The van der Waals surface area contributed by atoms with Gasteiger partial charge in [0.15, 0.2) is 6.61 Å². The molecule has 2 fully saturated rings. The Morgan fingerprint density at radius 2 is 1.96 bits per heavy atom. The lowest BCUT2D eigenvalue weighted by Gasteiger charge is -2.28. The van der Waals surface area contributed by atoms with Crippen molar-refractivity contribution in [1.82, 2.24) is 5.32 Å². The van der Waals surface area contributed by atoms with Crippen LogP contribution in [0.4, 0.5) is 13.2 Å². The van der Waals surface area contributed by atoms with Crippen LogP contribution in [0.3, 0.4) is 0 Å². The van der Waals surface area contributed by atoms with Gasteiger partial charge < -0.3 is 10.1 Å². The van der Waals surface area contributed by atoms with E-state index in [1.165, 1.54) is 37.8 Å². The molecule has 1 amide bonds.